The molecule has 8 nitrogen and oxygen atoms in total. The topological polar surface area (TPSA) is 120 Å². The van der Waals surface area contributed by atoms with Crippen LogP contribution in [-0.2, 0) is 4.79 Å². The minimum absolute atomic E-state index is 0.0695. The molecule has 0 saturated carbocycles. The minimum Gasteiger partial charge on any atom is -0.388 e. The Morgan fingerprint density at radius 2 is 2.13 bits per heavy atom. The highest BCUT2D eigenvalue weighted by atomic mass is 35.5. The van der Waals surface area contributed by atoms with Gasteiger partial charge in [0.1, 0.15) is 17.8 Å². The number of fused-ring (bicyclic) bond motifs is 1. The summed E-state index contributed by atoms with van der Waals surface area (Å²) in [5, 5.41) is 14.8. The van der Waals surface area contributed by atoms with E-state index < -0.39 is 6.10 Å². The van der Waals surface area contributed by atoms with Gasteiger partial charge in [-0.1, -0.05) is 23.7 Å². The van der Waals surface area contributed by atoms with Gasteiger partial charge in [0.15, 0.2) is 0 Å². The molecule has 1 fully saturated rings. The van der Waals surface area contributed by atoms with E-state index >= 15 is 0 Å². The van der Waals surface area contributed by atoms with Gasteiger partial charge in [-0.05, 0) is 36.6 Å². The average molecular weight is 429 g/mol. The van der Waals surface area contributed by atoms with Crippen LogP contribution in [0.5, 0.6) is 0 Å². The molecule has 1 amide bonds. The Labute approximate surface area is 179 Å². The number of carbonyl (C=O) groups is 1. The molecule has 9 heteroatoms. The van der Waals surface area contributed by atoms with Crippen molar-refractivity contribution in [2.45, 2.75) is 25.0 Å². The fourth-order valence-corrected chi connectivity index (χ4v) is 4.05. The second-order valence-corrected chi connectivity index (χ2v) is 8.03. The van der Waals surface area contributed by atoms with Crippen molar-refractivity contribution >= 4 is 34.4 Å². The molecule has 1 aliphatic rings. The quantitative estimate of drug-likeness (QED) is 0.476. The van der Waals surface area contributed by atoms with E-state index in [1.807, 2.05) is 12.3 Å². The molecule has 1 aromatic carbocycles. The molecule has 5 N–H and O–H groups in total. The number of nitrogens with zero attached hydrogens (tertiary/aromatic N) is 3. The molecule has 2 aromatic heterocycles. The molecule has 0 radical (unpaired) electrons. The van der Waals surface area contributed by atoms with E-state index in [0.717, 1.165) is 22.4 Å². The van der Waals surface area contributed by atoms with Crippen molar-refractivity contribution in [3.05, 3.63) is 53.4 Å². The number of nitrogens with one attached hydrogen (secondary N) is 2. The first-order valence-electron chi connectivity index (χ1n) is 10.0. The summed E-state index contributed by atoms with van der Waals surface area (Å²) in [6.45, 7) is 1.62. The summed E-state index contributed by atoms with van der Waals surface area (Å²) in [5.74, 6) is 0.499. The van der Waals surface area contributed by atoms with Crippen molar-refractivity contribution in [3.63, 3.8) is 0 Å². The molecule has 1 aliphatic heterocycles. The smallest absolute Gasteiger partial charge is 0.224 e. The van der Waals surface area contributed by atoms with Crippen molar-refractivity contribution in [3.8, 4) is 0 Å². The highest BCUT2D eigenvalue weighted by Gasteiger charge is 2.32. The van der Waals surface area contributed by atoms with E-state index in [-0.39, 0.29) is 17.9 Å². The van der Waals surface area contributed by atoms with Crippen LogP contribution in [0, 0.1) is 5.92 Å². The minimum atomic E-state index is -0.653. The van der Waals surface area contributed by atoms with Gasteiger partial charge in [0.25, 0.3) is 0 Å². The molecule has 0 aliphatic carbocycles. The number of hydrogen-bond donors (Lipinski definition) is 4. The summed E-state index contributed by atoms with van der Waals surface area (Å²) >= 11 is 5.87. The first-order valence-corrected chi connectivity index (χ1v) is 10.4. The number of H-pyrrole nitrogens is 1. The summed E-state index contributed by atoms with van der Waals surface area (Å²) in [6.07, 6.45) is 3.78. The second-order valence-electron chi connectivity index (χ2n) is 7.59. The Bertz CT molecular complexity index is 1010. The van der Waals surface area contributed by atoms with Crippen molar-refractivity contribution in [2.24, 2.45) is 11.7 Å². The zero-order valence-electron chi connectivity index (χ0n) is 16.5. The van der Waals surface area contributed by atoms with Gasteiger partial charge in [0.05, 0.1) is 17.4 Å². The number of anilines is 1. The van der Waals surface area contributed by atoms with Gasteiger partial charge >= 0.3 is 0 Å². The van der Waals surface area contributed by atoms with E-state index in [4.69, 9.17) is 17.3 Å². The molecule has 1 saturated heterocycles. The highest BCUT2D eigenvalue weighted by Crippen LogP contribution is 2.27. The van der Waals surface area contributed by atoms with E-state index in [1.54, 1.807) is 24.3 Å². The first kappa shape index (κ1) is 20.6. The van der Waals surface area contributed by atoms with E-state index in [2.05, 4.69) is 25.2 Å². The summed E-state index contributed by atoms with van der Waals surface area (Å²) in [6, 6.07) is 8.70. The van der Waals surface area contributed by atoms with Gasteiger partial charge in [-0.15, -0.1) is 0 Å². The predicted molar refractivity (Wildman–Crippen MR) is 116 cm³/mol. The largest absolute Gasteiger partial charge is 0.388 e. The molecule has 3 heterocycles. The molecule has 3 aromatic rings. The van der Waals surface area contributed by atoms with Crippen LogP contribution >= 0.6 is 11.6 Å². The first-order chi connectivity index (χ1) is 14.5. The molecule has 0 spiro atoms. The predicted octanol–water partition coefficient (Wildman–Crippen LogP) is 2.00. The number of piperidine rings is 1. The molecule has 3 unspecified atom stereocenters. The molecule has 30 heavy (non-hydrogen) atoms. The summed E-state index contributed by atoms with van der Waals surface area (Å²) in [7, 11) is 0. The molecule has 4 rings (SSSR count). The fourth-order valence-electron chi connectivity index (χ4n) is 3.93. The number of aromatic amines is 1. The van der Waals surface area contributed by atoms with Crippen molar-refractivity contribution in [1.29, 1.82) is 0 Å². The maximum absolute atomic E-state index is 12.6. The van der Waals surface area contributed by atoms with Crippen LogP contribution in [-0.4, -0.2) is 51.6 Å². The third-order valence-electron chi connectivity index (χ3n) is 5.60. The Morgan fingerprint density at radius 1 is 1.33 bits per heavy atom. The maximum atomic E-state index is 12.6. The average Bonchev–Trinajstić information content (AvgIpc) is 3.23. The lowest BCUT2D eigenvalue weighted by Crippen LogP contribution is -2.53. The highest BCUT2D eigenvalue weighted by molar-refractivity contribution is 6.30. The summed E-state index contributed by atoms with van der Waals surface area (Å²) in [4.78, 5) is 26.5. The molecular formula is C21H25ClN6O2. The standard InChI is InChI=1S/C21H25ClN6O2/c22-14-3-1-13(2-4-14)18(29)6-9-25-21(30)15-7-10-28(11-17(15)23)20-16-5-8-24-19(16)26-12-27-20/h1-5,8,12,15,17-18,29H,6-7,9-11,23H2,(H,25,30)(H,24,26,27). The van der Waals surface area contributed by atoms with Crippen LogP contribution in [0.1, 0.15) is 24.5 Å². The summed E-state index contributed by atoms with van der Waals surface area (Å²) < 4.78 is 0. The van der Waals surface area contributed by atoms with Crippen LogP contribution in [0.15, 0.2) is 42.9 Å². The normalized spacial score (nSPS) is 20.3. The molecule has 0 bridgehead atoms. The van der Waals surface area contributed by atoms with Crippen molar-refractivity contribution < 1.29 is 9.90 Å². The van der Waals surface area contributed by atoms with Gasteiger partial charge in [0.2, 0.25) is 5.91 Å². The van der Waals surface area contributed by atoms with Crippen molar-refractivity contribution in [2.75, 3.05) is 24.5 Å². The summed E-state index contributed by atoms with van der Waals surface area (Å²) in [5.41, 5.74) is 7.91. The zero-order chi connectivity index (χ0) is 21.1. The number of halogens is 1. The lowest BCUT2D eigenvalue weighted by molar-refractivity contribution is -0.126. The van der Waals surface area contributed by atoms with Gasteiger partial charge < -0.3 is 26.0 Å². The van der Waals surface area contributed by atoms with Crippen LogP contribution in [0.2, 0.25) is 5.02 Å². The Morgan fingerprint density at radius 3 is 2.90 bits per heavy atom. The Kier molecular flexibility index (Phi) is 6.17. The van der Waals surface area contributed by atoms with Gasteiger partial charge in [0, 0.05) is 36.9 Å². The van der Waals surface area contributed by atoms with E-state index in [0.29, 0.717) is 37.5 Å². The number of rotatable bonds is 6. The lowest BCUT2D eigenvalue weighted by atomic mass is 9.91. The molecule has 3 atom stereocenters. The van der Waals surface area contributed by atoms with Gasteiger partial charge in [-0.3, -0.25) is 4.79 Å². The van der Waals surface area contributed by atoms with E-state index in [9.17, 15) is 9.90 Å². The third kappa shape index (κ3) is 4.40. The van der Waals surface area contributed by atoms with Gasteiger partial charge in [-0.25, -0.2) is 9.97 Å². The monoisotopic (exact) mass is 428 g/mol. The van der Waals surface area contributed by atoms with Crippen LogP contribution < -0.4 is 16.0 Å². The zero-order valence-corrected chi connectivity index (χ0v) is 17.2. The number of nitrogens with two attached hydrogens (primary N) is 1. The maximum Gasteiger partial charge on any atom is 0.224 e. The number of aliphatic hydroxyl groups excluding tert-OH is 1. The van der Waals surface area contributed by atoms with E-state index in [1.165, 1.54) is 6.33 Å². The van der Waals surface area contributed by atoms with Crippen molar-refractivity contribution in [1.82, 2.24) is 20.3 Å². The number of amides is 1. The molecule has 158 valence electrons. The Hall–Kier alpha value is -2.68. The number of carbonyl (C=O) groups excluding carboxylic acids is 1. The number of aromatic nitrogens is 3. The lowest BCUT2D eigenvalue weighted by Gasteiger charge is -2.36. The molecular weight excluding hydrogens is 404 g/mol. The number of hydrogen-bond acceptors (Lipinski definition) is 6. The van der Waals surface area contributed by atoms with Crippen LogP contribution in [0.25, 0.3) is 11.0 Å². The van der Waals surface area contributed by atoms with Gasteiger partial charge in [-0.2, -0.15) is 0 Å². The van der Waals surface area contributed by atoms with Crippen LogP contribution in [0.3, 0.4) is 0 Å². The SMILES string of the molecule is NC1CN(c2ncnc3[nH]ccc23)CCC1C(=O)NCCC(O)c1ccc(Cl)cc1. The second kappa shape index (κ2) is 8.99. The number of aliphatic hydroxyl groups is 1. The Balaban J connectivity index is 1.29. The fraction of sp³-hybridized carbons (Fsp3) is 0.381. The third-order valence-corrected chi connectivity index (χ3v) is 5.85. The number of benzene rings is 1. The van der Waals surface area contributed by atoms with Crippen LogP contribution in [0.4, 0.5) is 5.82 Å².